The third-order valence-corrected chi connectivity index (χ3v) is 9.35. The van der Waals surface area contributed by atoms with Crippen molar-refractivity contribution in [3.63, 3.8) is 0 Å². The summed E-state index contributed by atoms with van der Waals surface area (Å²) in [5.41, 5.74) is 4.45. The number of ether oxygens (including phenoxy) is 1. The molecule has 0 aromatic heterocycles. The summed E-state index contributed by atoms with van der Waals surface area (Å²) < 4.78 is 29.2. The summed E-state index contributed by atoms with van der Waals surface area (Å²) in [6.45, 7) is 4.92. The van der Waals surface area contributed by atoms with E-state index < -0.39 is 9.84 Å². The predicted molar refractivity (Wildman–Crippen MR) is 155 cm³/mol. The van der Waals surface area contributed by atoms with Crippen molar-refractivity contribution in [1.29, 1.82) is 0 Å². The summed E-state index contributed by atoms with van der Waals surface area (Å²) in [7, 11) is -3.00. The molecule has 2 fully saturated rings. The molecule has 1 unspecified atom stereocenters. The van der Waals surface area contributed by atoms with Gasteiger partial charge in [-0.2, -0.15) is 0 Å². The number of benzene rings is 2. The zero-order chi connectivity index (χ0) is 28.0. The van der Waals surface area contributed by atoms with Crippen LogP contribution in [0, 0.1) is 11.8 Å². The highest BCUT2D eigenvalue weighted by Gasteiger charge is 2.29. The summed E-state index contributed by atoms with van der Waals surface area (Å²) in [4.78, 5) is 18.7. The number of hydrogen-bond donors (Lipinski definition) is 2. The number of nitrogens with zero attached hydrogens (tertiary/aromatic N) is 2. The summed E-state index contributed by atoms with van der Waals surface area (Å²) in [6.07, 6.45) is 2.58. The van der Waals surface area contributed by atoms with Crippen LogP contribution in [0.2, 0.25) is 0 Å². The number of sulfone groups is 1. The van der Waals surface area contributed by atoms with Gasteiger partial charge in [-0.15, -0.1) is 0 Å². The van der Waals surface area contributed by atoms with E-state index >= 15 is 0 Å². The molecule has 3 aliphatic heterocycles. The van der Waals surface area contributed by atoms with E-state index in [9.17, 15) is 18.3 Å². The van der Waals surface area contributed by atoms with Gasteiger partial charge < -0.3 is 15.2 Å². The number of allylic oxidation sites excluding steroid dienone is 2. The molecule has 0 amide bonds. The minimum atomic E-state index is -3.00. The molecule has 0 saturated carbocycles. The summed E-state index contributed by atoms with van der Waals surface area (Å²) in [6, 6.07) is 16.2. The first-order valence-corrected chi connectivity index (χ1v) is 15.6. The number of morpholine rings is 1. The van der Waals surface area contributed by atoms with Gasteiger partial charge >= 0.3 is 0 Å². The SMILES string of the molecule is O=C1CC=NC(CC(CN[C@H]2CCS(=O)(=O)C2)c2ccc(C#Cc3ccc(CN4CCOCC4)cc3)cc2)=C1O. The fourth-order valence-electron chi connectivity index (χ4n) is 5.21. The Balaban J connectivity index is 1.25. The van der Waals surface area contributed by atoms with Crippen LogP contribution in [0.15, 0.2) is 65.0 Å². The maximum Gasteiger partial charge on any atom is 0.204 e. The quantitative estimate of drug-likeness (QED) is 0.477. The molecule has 0 bridgehead atoms. The van der Waals surface area contributed by atoms with Gasteiger partial charge in [0.15, 0.2) is 15.6 Å². The molecule has 9 heteroatoms. The first-order valence-electron chi connectivity index (χ1n) is 13.8. The van der Waals surface area contributed by atoms with Crippen LogP contribution in [0.3, 0.4) is 0 Å². The second-order valence-corrected chi connectivity index (χ2v) is 12.8. The molecule has 3 aliphatic rings. The van der Waals surface area contributed by atoms with E-state index in [4.69, 9.17) is 4.74 Å². The van der Waals surface area contributed by atoms with Crippen molar-refractivity contribution in [2.24, 2.45) is 4.99 Å². The van der Waals surface area contributed by atoms with E-state index in [1.165, 1.54) is 11.8 Å². The monoisotopic (exact) mass is 561 g/mol. The molecule has 2 saturated heterocycles. The second kappa shape index (κ2) is 12.9. The largest absolute Gasteiger partial charge is 0.503 e. The molecule has 0 spiro atoms. The van der Waals surface area contributed by atoms with Gasteiger partial charge in [0.05, 0.1) is 30.4 Å². The van der Waals surface area contributed by atoms with Crippen LogP contribution >= 0.6 is 0 Å². The molecular weight excluding hydrogens is 526 g/mol. The Bertz CT molecular complexity index is 1430. The molecule has 2 aromatic rings. The van der Waals surface area contributed by atoms with Crippen molar-refractivity contribution in [3.8, 4) is 11.8 Å². The molecule has 0 aliphatic carbocycles. The van der Waals surface area contributed by atoms with Crippen LogP contribution in [0.4, 0.5) is 0 Å². The Kier molecular flexibility index (Phi) is 9.12. The molecule has 2 N–H and O–H groups in total. The third-order valence-electron chi connectivity index (χ3n) is 7.58. The molecule has 0 radical (unpaired) electrons. The highest BCUT2D eigenvalue weighted by Crippen LogP contribution is 2.28. The van der Waals surface area contributed by atoms with Gasteiger partial charge in [0.2, 0.25) is 5.78 Å². The Hall–Kier alpha value is -3.29. The van der Waals surface area contributed by atoms with Crippen LogP contribution in [-0.4, -0.2) is 80.8 Å². The molecular formula is C31H35N3O5S. The standard InChI is InChI=1S/C31H35N3O5S/c35-30-11-13-32-29(31(30)36)19-27(20-33-28-12-18-40(37,38)22-28)26-9-7-24(8-10-26)2-1-23-3-5-25(6-4-23)21-34-14-16-39-17-15-34/h3-10,13,27-28,33,36H,11-12,14-22H2/t27?,28-/m0/s1. The lowest BCUT2D eigenvalue weighted by molar-refractivity contribution is -0.117. The molecule has 210 valence electrons. The maximum absolute atomic E-state index is 12.0. The Morgan fingerprint density at radius 3 is 2.38 bits per heavy atom. The van der Waals surface area contributed by atoms with Crippen molar-refractivity contribution in [2.45, 2.75) is 37.8 Å². The zero-order valence-electron chi connectivity index (χ0n) is 22.5. The highest BCUT2D eigenvalue weighted by molar-refractivity contribution is 7.91. The fourth-order valence-corrected chi connectivity index (χ4v) is 6.91. The van der Waals surface area contributed by atoms with Crippen molar-refractivity contribution in [2.75, 3.05) is 44.4 Å². The number of carbonyl (C=O) groups is 1. The number of Topliss-reactive ketones (excluding diaryl/α,β-unsaturated/α-hetero) is 1. The number of aliphatic hydroxyl groups is 1. The molecule has 2 atom stereocenters. The van der Waals surface area contributed by atoms with E-state index in [1.54, 1.807) is 0 Å². The van der Waals surface area contributed by atoms with Gasteiger partial charge in [0.25, 0.3) is 0 Å². The fraction of sp³-hybridized carbons (Fsp3) is 0.419. The van der Waals surface area contributed by atoms with E-state index in [2.05, 4.69) is 39.2 Å². The average molecular weight is 562 g/mol. The Morgan fingerprint density at radius 2 is 1.73 bits per heavy atom. The smallest absolute Gasteiger partial charge is 0.204 e. The minimum absolute atomic E-state index is 0.0994. The van der Waals surface area contributed by atoms with Crippen molar-refractivity contribution in [3.05, 3.63) is 82.2 Å². The lowest BCUT2D eigenvalue weighted by atomic mass is 9.91. The lowest BCUT2D eigenvalue weighted by Crippen LogP contribution is -2.35. The van der Waals surface area contributed by atoms with E-state index in [1.807, 2.05) is 36.4 Å². The van der Waals surface area contributed by atoms with Gasteiger partial charge in [-0.1, -0.05) is 36.1 Å². The molecule has 2 aromatic carbocycles. The number of nitrogens with one attached hydrogen (secondary N) is 1. The lowest BCUT2D eigenvalue weighted by Gasteiger charge is -2.26. The van der Waals surface area contributed by atoms with Crippen LogP contribution in [-0.2, 0) is 25.9 Å². The van der Waals surface area contributed by atoms with E-state index in [0.717, 1.165) is 49.5 Å². The number of aliphatic imine (C=N–C) groups is 1. The third kappa shape index (κ3) is 7.67. The predicted octanol–water partition coefficient (Wildman–Crippen LogP) is 2.98. The first kappa shape index (κ1) is 28.2. The van der Waals surface area contributed by atoms with Crippen molar-refractivity contribution < 1.29 is 23.1 Å². The molecule has 3 heterocycles. The summed E-state index contributed by atoms with van der Waals surface area (Å²) in [5.74, 6) is 6.07. The second-order valence-electron chi connectivity index (χ2n) is 10.6. The minimum Gasteiger partial charge on any atom is -0.503 e. The molecule has 8 nitrogen and oxygen atoms in total. The van der Waals surface area contributed by atoms with Crippen LogP contribution < -0.4 is 5.32 Å². The van der Waals surface area contributed by atoms with Gasteiger partial charge in [-0.3, -0.25) is 14.7 Å². The average Bonchev–Trinajstić information content (AvgIpc) is 3.32. The Labute approximate surface area is 236 Å². The van der Waals surface area contributed by atoms with E-state index in [0.29, 0.717) is 25.1 Å². The molecule has 5 rings (SSSR count). The summed E-state index contributed by atoms with van der Waals surface area (Å²) in [5, 5.41) is 13.7. The number of hydrogen-bond acceptors (Lipinski definition) is 8. The maximum atomic E-state index is 12.0. The zero-order valence-corrected chi connectivity index (χ0v) is 23.3. The van der Waals surface area contributed by atoms with E-state index in [-0.39, 0.29) is 41.4 Å². The van der Waals surface area contributed by atoms with Crippen molar-refractivity contribution >= 4 is 21.8 Å². The van der Waals surface area contributed by atoms with Crippen LogP contribution in [0.1, 0.15) is 47.4 Å². The number of rotatable bonds is 8. The van der Waals surface area contributed by atoms with Gasteiger partial charge in [0.1, 0.15) is 0 Å². The number of aliphatic hydroxyl groups excluding tert-OH is 1. The summed E-state index contributed by atoms with van der Waals surface area (Å²) >= 11 is 0. The van der Waals surface area contributed by atoms with Gasteiger partial charge in [0, 0.05) is 68.3 Å². The number of ketones is 1. The topological polar surface area (TPSA) is 108 Å². The highest BCUT2D eigenvalue weighted by atomic mass is 32.2. The van der Waals surface area contributed by atoms with Gasteiger partial charge in [-0.05, 0) is 41.8 Å². The molecule has 40 heavy (non-hydrogen) atoms. The Morgan fingerprint density at radius 1 is 1.05 bits per heavy atom. The van der Waals surface area contributed by atoms with Gasteiger partial charge in [-0.25, -0.2) is 8.42 Å². The van der Waals surface area contributed by atoms with Crippen LogP contribution in [0.5, 0.6) is 0 Å². The van der Waals surface area contributed by atoms with Crippen molar-refractivity contribution in [1.82, 2.24) is 10.2 Å². The number of carbonyl (C=O) groups excluding carboxylic acids is 1. The first-order chi connectivity index (χ1) is 19.3. The van der Waals surface area contributed by atoms with Crippen LogP contribution in [0.25, 0.3) is 0 Å². The normalized spacial score (nSPS) is 21.7.